The number of rotatable bonds is 6. The summed E-state index contributed by atoms with van der Waals surface area (Å²) in [5, 5.41) is 3.12. The highest BCUT2D eigenvalue weighted by Gasteiger charge is 2.30. The second-order valence-electron chi connectivity index (χ2n) is 6.17. The Morgan fingerprint density at radius 1 is 1.12 bits per heavy atom. The minimum Gasteiger partial charge on any atom is -0.319 e. The van der Waals surface area contributed by atoms with Gasteiger partial charge in [-0.05, 0) is 50.6 Å². The first-order valence-corrected chi connectivity index (χ1v) is 10.7. The molecule has 1 aliphatic rings. The van der Waals surface area contributed by atoms with Crippen molar-refractivity contribution in [2.75, 3.05) is 40.8 Å². The molecule has 1 heterocycles. The van der Waals surface area contributed by atoms with E-state index < -0.39 is 20.0 Å². The highest BCUT2D eigenvalue weighted by atomic mass is 35.5. The zero-order valence-electron chi connectivity index (χ0n) is 14.7. The molecule has 7 nitrogen and oxygen atoms in total. The number of nitrogens with zero attached hydrogens (tertiary/aromatic N) is 2. The maximum Gasteiger partial charge on any atom is 0.243 e. The summed E-state index contributed by atoms with van der Waals surface area (Å²) in [5.41, 5.74) is 0. The average molecular weight is 412 g/mol. The van der Waals surface area contributed by atoms with Gasteiger partial charge in [0, 0.05) is 27.2 Å². The van der Waals surface area contributed by atoms with Crippen LogP contribution in [0.3, 0.4) is 0 Å². The molecule has 2 rings (SSSR count). The van der Waals surface area contributed by atoms with Crippen LogP contribution in [0.25, 0.3) is 0 Å². The molecule has 1 aromatic carbocycles. The lowest BCUT2D eigenvalue weighted by molar-refractivity contribution is 0.270. The summed E-state index contributed by atoms with van der Waals surface area (Å²) in [7, 11) is -2.62. The van der Waals surface area contributed by atoms with Crippen molar-refractivity contribution >= 4 is 32.5 Å². The summed E-state index contributed by atoms with van der Waals surface area (Å²) in [5.74, 6) is 0.474. The molecule has 0 aromatic heterocycles. The van der Waals surface area contributed by atoms with E-state index in [1.54, 1.807) is 0 Å². The summed E-state index contributed by atoms with van der Waals surface area (Å²) in [4.78, 5) is 0.0103. The summed E-state index contributed by atoms with van der Waals surface area (Å²) in [6.45, 7) is 1.79. The molecule has 0 amide bonds. The molecule has 1 fully saturated rings. The summed E-state index contributed by atoms with van der Waals surface area (Å²) < 4.78 is 52.5. The monoisotopic (exact) mass is 411 g/mol. The van der Waals surface area contributed by atoms with Crippen LogP contribution in [0.15, 0.2) is 34.1 Å². The molecular weight excluding hydrogens is 386 g/mol. The van der Waals surface area contributed by atoms with E-state index in [2.05, 4.69) is 5.32 Å². The molecule has 1 aromatic rings. The van der Waals surface area contributed by atoms with Crippen molar-refractivity contribution in [2.45, 2.75) is 22.6 Å². The Kier molecular flexibility index (Phi) is 7.85. The van der Waals surface area contributed by atoms with Gasteiger partial charge >= 0.3 is 0 Å². The summed E-state index contributed by atoms with van der Waals surface area (Å²) in [6.07, 6.45) is 1.60. The van der Waals surface area contributed by atoms with Gasteiger partial charge in [-0.1, -0.05) is 6.07 Å². The average Bonchev–Trinajstić information content (AvgIpc) is 2.55. The maximum atomic E-state index is 12.8. The van der Waals surface area contributed by atoms with Gasteiger partial charge in [0.25, 0.3) is 0 Å². The lowest BCUT2D eigenvalue weighted by Crippen LogP contribution is -2.40. The van der Waals surface area contributed by atoms with Crippen molar-refractivity contribution in [1.29, 1.82) is 0 Å². The van der Waals surface area contributed by atoms with Gasteiger partial charge in [-0.25, -0.2) is 21.1 Å². The minimum absolute atomic E-state index is 0. The Balaban J connectivity index is 0.00000312. The fraction of sp³-hybridized carbons (Fsp3) is 0.600. The van der Waals surface area contributed by atoms with Gasteiger partial charge in [-0.2, -0.15) is 4.31 Å². The molecule has 0 bridgehead atoms. The fourth-order valence-corrected chi connectivity index (χ4v) is 5.34. The zero-order chi connectivity index (χ0) is 18.0. The first-order chi connectivity index (χ1) is 11.2. The topological polar surface area (TPSA) is 86.8 Å². The van der Waals surface area contributed by atoms with Gasteiger partial charge in [-0.3, -0.25) is 0 Å². The highest BCUT2D eigenvalue weighted by Crippen LogP contribution is 2.25. The predicted molar refractivity (Wildman–Crippen MR) is 100.0 cm³/mol. The summed E-state index contributed by atoms with van der Waals surface area (Å²) >= 11 is 0. The van der Waals surface area contributed by atoms with Crippen molar-refractivity contribution in [3.63, 3.8) is 0 Å². The standard InChI is InChI=1S/C15H25N3O4S2.ClH/c1-16-12-13-7-9-18(10-8-13)24(21,22)15-6-4-5-14(11-15)23(19,20)17(2)3;/h4-6,11,13,16H,7-10,12H2,1-3H3;1H. The number of benzene rings is 1. The van der Waals surface area contributed by atoms with Gasteiger partial charge in [0.2, 0.25) is 20.0 Å². The second kappa shape index (κ2) is 8.79. The van der Waals surface area contributed by atoms with Crippen LogP contribution >= 0.6 is 12.4 Å². The van der Waals surface area contributed by atoms with Crippen molar-refractivity contribution < 1.29 is 16.8 Å². The van der Waals surface area contributed by atoms with Gasteiger partial charge in [0.05, 0.1) is 9.79 Å². The van der Waals surface area contributed by atoms with Crippen LogP contribution in [0.5, 0.6) is 0 Å². The molecule has 1 N–H and O–H groups in total. The zero-order valence-corrected chi connectivity index (χ0v) is 17.1. The molecule has 144 valence electrons. The molecule has 0 radical (unpaired) electrons. The van der Waals surface area contributed by atoms with Crippen LogP contribution < -0.4 is 5.32 Å². The van der Waals surface area contributed by atoms with Gasteiger partial charge in [-0.15, -0.1) is 12.4 Å². The third-order valence-corrected chi connectivity index (χ3v) is 7.99. The maximum absolute atomic E-state index is 12.8. The van der Waals surface area contributed by atoms with Crippen molar-refractivity contribution in [1.82, 2.24) is 13.9 Å². The fourth-order valence-electron chi connectivity index (χ4n) is 2.80. The van der Waals surface area contributed by atoms with Crippen LogP contribution in [0, 0.1) is 5.92 Å². The summed E-state index contributed by atoms with van der Waals surface area (Å²) in [6, 6.07) is 5.57. The molecule has 1 saturated heterocycles. The van der Waals surface area contributed by atoms with Crippen molar-refractivity contribution in [3.8, 4) is 0 Å². The largest absolute Gasteiger partial charge is 0.319 e. The van der Waals surface area contributed by atoms with Gasteiger partial charge in [0.15, 0.2) is 0 Å². The van der Waals surface area contributed by atoms with E-state index in [0.717, 1.165) is 23.7 Å². The van der Waals surface area contributed by atoms with E-state index in [-0.39, 0.29) is 22.2 Å². The molecule has 0 atom stereocenters. The van der Waals surface area contributed by atoms with Gasteiger partial charge in [0.1, 0.15) is 0 Å². The van der Waals surface area contributed by atoms with E-state index in [4.69, 9.17) is 0 Å². The Morgan fingerprint density at radius 3 is 2.20 bits per heavy atom. The smallest absolute Gasteiger partial charge is 0.243 e. The Hall–Kier alpha value is -0.710. The van der Waals surface area contributed by atoms with E-state index in [1.165, 1.54) is 42.7 Å². The number of nitrogens with one attached hydrogen (secondary N) is 1. The number of hydrogen-bond donors (Lipinski definition) is 1. The van der Waals surface area contributed by atoms with Crippen LogP contribution in [-0.2, 0) is 20.0 Å². The predicted octanol–water partition coefficient (Wildman–Crippen LogP) is 0.979. The Labute approximate surface area is 156 Å². The van der Waals surface area contributed by atoms with Gasteiger partial charge < -0.3 is 5.32 Å². The van der Waals surface area contributed by atoms with Crippen LogP contribution in [-0.4, -0.2) is 66.2 Å². The third kappa shape index (κ3) is 4.93. The number of sulfonamides is 2. The van der Waals surface area contributed by atoms with E-state index in [1.807, 2.05) is 7.05 Å². The number of halogens is 1. The van der Waals surface area contributed by atoms with E-state index in [0.29, 0.717) is 19.0 Å². The molecule has 0 saturated carbocycles. The Morgan fingerprint density at radius 2 is 1.68 bits per heavy atom. The third-order valence-electron chi connectivity index (χ3n) is 4.29. The van der Waals surface area contributed by atoms with Crippen molar-refractivity contribution in [3.05, 3.63) is 24.3 Å². The minimum atomic E-state index is -3.68. The SMILES string of the molecule is CNCC1CCN(S(=O)(=O)c2cccc(S(=O)(=O)N(C)C)c2)CC1.Cl. The normalized spacial score (nSPS) is 17.4. The molecular formula is C15H26ClN3O4S2. The first kappa shape index (κ1) is 22.3. The molecule has 0 spiro atoms. The lowest BCUT2D eigenvalue weighted by Gasteiger charge is -2.31. The number of hydrogen-bond acceptors (Lipinski definition) is 5. The quantitative estimate of drug-likeness (QED) is 0.753. The highest BCUT2D eigenvalue weighted by molar-refractivity contribution is 7.90. The van der Waals surface area contributed by atoms with E-state index >= 15 is 0 Å². The second-order valence-corrected chi connectivity index (χ2v) is 10.3. The molecule has 0 unspecified atom stereocenters. The molecule has 0 aliphatic carbocycles. The number of piperidine rings is 1. The van der Waals surface area contributed by atoms with Crippen LogP contribution in [0.1, 0.15) is 12.8 Å². The van der Waals surface area contributed by atoms with Crippen LogP contribution in [0.4, 0.5) is 0 Å². The first-order valence-electron chi connectivity index (χ1n) is 7.87. The molecule has 1 aliphatic heterocycles. The molecule has 10 heteroatoms. The Bertz CT molecular complexity index is 774. The molecule has 25 heavy (non-hydrogen) atoms. The van der Waals surface area contributed by atoms with Crippen molar-refractivity contribution in [2.24, 2.45) is 5.92 Å². The lowest BCUT2D eigenvalue weighted by atomic mass is 9.98. The van der Waals surface area contributed by atoms with E-state index in [9.17, 15) is 16.8 Å². The van der Waals surface area contributed by atoms with Crippen LogP contribution in [0.2, 0.25) is 0 Å².